The molecular formula is C59H112O6. The van der Waals surface area contributed by atoms with Gasteiger partial charge in [0.05, 0.1) is 0 Å². The Morgan fingerprint density at radius 3 is 0.785 bits per heavy atom. The Hall–Kier alpha value is -1.85. The van der Waals surface area contributed by atoms with E-state index in [1.807, 2.05) is 0 Å². The molecule has 0 aliphatic carbocycles. The third-order valence-electron chi connectivity index (χ3n) is 13.3. The van der Waals surface area contributed by atoms with Crippen LogP contribution in [0.4, 0.5) is 0 Å². The first-order chi connectivity index (χ1) is 32.0. The van der Waals surface area contributed by atoms with Gasteiger partial charge in [-0.2, -0.15) is 0 Å². The summed E-state index contributed by atoms with van der Waals surface area (Å²) >= 11 is 0. The van der Waals surface area contributed by atoms with Gasteiger partial charge in [0.25, 0.3) is 0 Å². The standard InChI is InChI=1S/C59H112O6/c1-4-7-10-13-16-19-22-25-27-28-29-30-31-32-35-37-40-43-46-49-52-58(61)64-55-56(54-63-57(60)51-48-45-42-39-36-33-24-21-18-15-12-9-6-3)65-59(62)53-50-47-44-41-38-34-26-23-20-17-14-11-8-5-2/h21,24,56H,4-20,22-23,25-55H2,1-3H3/b24-21-. The molecule has 384 valence electrons. The molecule has 0 spiro atoms. The second kappa shape index (κ2) is 54.8. The summed E-state index contributed by atoms with van der Waals surface area (Å²) in [7, 11) is 0. The van der Waals surface area contributed by atoms with E-state index in [1.54, 1.807) is 0 Å². The molecule has 0 N–H and O–H groups in total. The predicted octanol–water partition coefficient (Wildman–Crippen LogP) is 19.3. The van der Waals surface area contributed by atoms with Crippen LogP contribution in [-0.2, 0) is 28.6 Å². The van der Waals surface area contributed by atoms with Gasteiger partial charge in [-0.25, -0.2) is 0 Å². The monoisotopic (exact) mass is 917 g/mol. The molecule has 6 nitrogen and oxygen atoms in total. The summed E-state index contributed by atoms with van der Waals surface area (Å²) < 4.78 is 16.9. The zero-order valence-corrected chi connectivity index (χ0v) is 44.0. The highest BCUT2D eigenvalue weighted by molar-refractivity contribution is 5.71. The van der Waals surface area contributed by atoms with Crippen molar-refractivity contribution in [2.45, 2.75) is 335 Å². The molecule has 1 atom stereocenters. The van der Waals surface area contributed by atoms with Gasteiger partial charge in [0, 0.05) is 19.3 Å². The average molecular weight is 918 g/mol. The van der Waals surface area contributed by atoms with Crippen molar-refractivity contribution >= 4 is 17.9 Å². The number of allylic oxidation sites excluding steroid dienone is 2. The van der Waals surface area contributed by atoms with Gasteiger partial charge in [-0.3, -0.25) is 14.4 Å². The molecule has 0 aliphatic heterocycles. The van der Waals surface area contributed by atoms with E-state index in [9.17, 15) is 14.4 Å². The summed E-state index contributed by atoms with van der Waals surface area (Å²) in [5.41, 5.74) is 0. The highest BCUT2D eigenvalue weighted by Gasteiger charge is 2.19. The highest BCUT2D eigenvalue weighted by atomic mass is 16.6. The van der Waals surface area contributed by atoms with Crippen LogP contribution in [0.2, 0.25) is 0 Å². The summed E-state index contributed by atoms with van der Waals surface area (Å²) in [6.45, 7) is 6.67. The molecule has 1 unspecified atom stereocenters. The number of carbonyl (C=O) groups is 3. The summed E-state index contributed by atoms with van der Waals surface area (Å²) in [6.07, 6.45) is 62.0. The molecule has 0 rings (SSSR count). The first-order valence-electron chi connectivity index (χ1n) is 29.2. The van der Waals surface area contributed by atoms with Crippen molar-refractivity contribution in [3.63, 3.8) is 0 Å². The molecule has 0 amide bonds. The largest absolute Gasteiger partial charge is 0.462 e. The minimum atomic E-state index is -0.767. The van der Waals surface area contributed by atoms with Gasteiger partial charge in [0.15, 0.2) is 6.10 Å². The fraction of sp³-hybridized carbons (Fsp3) is 0.915. The molecule has 6 heteroatoms. The average Bonchev–Trinajstić information content (AvgIpc) is 3.30. The minimum Gasteiger partial charge on any atom is -0.462 e. The van der Waals surface area contributed by atoms with Gasteiger partial charge in [-0.05, 0) is 44.9 Å². The zero-order chi connectivity index (χ0) is 47.2. The second-order valence-electron chi connectivity index (χ2n) is 19.9. The van der Waals surface area contributed by atoms with E-state index in [0.717, 1.165) is 64.2 Å². The molecule has 0 saturated heterocycles. The van der Waals surface area contributed by atoms with Gasteiger partial charge < -0.3 is 14.2 Å². The van der Waals surface area contributed by atoms with Gasteiger partial charge in [0.2, 0.25) is 0 Å². The van der Waals surface area contributed by atoms with Crippen molar-refractivity contribution in [2.24, 2.45) is 0 Å². The van der Waals surface area contributed by atoms with Gasteiger partial charge in [-0.15, -0.1) is 0 Å². The maximum Gasteiger partial charge on any atom is 0.306 e. The molecule has 0 aromatic carbocycles. The lowest BCUT2D eigenvalue weighted by Gasteiger charge is -2.18. The number of unbranched alkanes of at least 4 members (excludes halogenated alkanes) is 41. The molecule has 0 aromatic heterocycles. The van der Waals surface area contributed by atoms with Crippen LogP contribution in [0.5, 0.6) is 0 Å². The molecule has 0 aliphatic rings. The van der Waals surface area contributed by atoms with E-state index >= 15 is 0 Å². The highest BCUT2D eigenvalue weighted by Crippen LogP contribution is 2.17. The third kappa shape index (κ3) is 53.0. The van der Waals surface area contributed by atoms with Crippen LogP contribution >= 0.6 is 0 Å². The Kier molecular flexibility index (Phi) is 53.2. The van der Waals surface area contributed by atoms with Crippen LogP contribution < -0.4 is 0 Å². The van der Waals surface area contributed by atoms with Crippen molar-refractivity contribution in [1.29, 1.82) is 0 Å². The van der Waals surface area contributed by atoms with Crippen LogP contribution in [0.15, 0.2) is 12.2 Å². The number of esters is 3. The quantitative estimate of drug-likeness (QED) is 0.0262. The predicted molar refractivity (Wildman–Crippen MR) is 280 cm³/mol. The van der Waals surface area contributed by atoms with Crippen molar-refractivity contribution in [1.82, 2.24) is 0 Å². The molecule has 0 fully saturated rings. The van der Waals surface area contributed by atoms with E-state index < -0.39 is 6.10 Å². The van der Waals surface area contributed by atoms with Crippen LogP contribution in [0.3, 0.4) is 0 Å². The lowest BCUT2D eigenvalue weighted by molar-refractivity contribution is -0.167. The molecule has 65 heavy (non-hydrogen) atoms. The van der Waals surface area contributed by atoms with E-state index in [0.29, 0.717) is 19.3 Å². The SMILES string of the molecule is CCCCCC/C=C\CCCCCCCC(=O)OCC(COC(=O)CCCCCCCCCCCCCCCCCCCCCC)OC(=O)CCCCCCCCCCCCCCCC. The second-order valence-corrected chi connectivity index (χ2v) is 19.9. The first kappa shape index (κ1) is 63.1. The Morgan fingerprint density at radius 2 is 0.508 bits per heavy atom. The van der Waals surface area contributed by atoms with Gasteiger partial charge in [0.1, 0.15) is 13.2 Å². The fourth-order valence-corrected chi connectivity index (χ4v) is 8.85. The van der Waals surface area contributed by atoms with Crippen molar-refractivity contribution in [2.75, 3.05) is 13.2 Å². The minimum absolute atomic E-state index is 0.0665. The number of hydrogen-bond donors (Lipinski definition) is 0. The van der Waals surface area contributed by atoms with Crippen LogP contribution in [-0.4, -0.2) is 37.2 Å². The lowest BCUT2D eigenvalue weighted by atomic mass is 10.0. The van der Waals surface area contributed by atoms with Crippen LogP contribution in [0, 0.1) is 0 Å². The fourth-order valence-electron chi connectivity index (χ4n) is 8.85. The number of ether oxygens (including phenoxy) is 3. The van der Waals surface area contributed by atoms with Crippen LogP contribution in [0.1, 0.15) is 329 Å². The maximum atomic E-state index is 12.8. The third-order valence-corrected chi connectivity index (χ3v) is 13.3. The van der Waals surface area contributed by atoms with E-state index in [2.05, 4.69) is 32.9 Å². The van der Waals surface area contributed by atoms with E-state index in [4.69, 9.17) is 14.2 Å². The van der Waals surface area contributed by atoms with E-state index in [1.165, 1.54) is 225 Å². The Bertz CT molecular complexity index is 1010. The summed E-state index contributed by atoms with van der Waals surface area (Å²) in [6, 6.07) is 0. The van der Waals surface area contributed by atoms with Gasteiger partial charge in [-0.1, -0.05) is 277 Å². The van der Waals surface area contributed by atoms with Crippen molar-refractivity contribution in [3.8, 4) is 0 Å². The number of rotatable bonds is 54. The lowest BCUT2D eigenvalue weighted by Crippen LogP contribution is -2.30. The van der Waals surface area contributed by atoms with Crippen molar-refractivity contribution < 1.29 is 28.6 Å². The first-order valence-corrected chi connectivity index (χ1v) is 29.2. The normalized spacial score (nSPS) is 12.0. The maximum absolute atomic E-state index is 12.8. The van der Waals surface area contributed by atoms with Gasteiger partial charge >= 0.3 is 17.9 Å². The summed E-state index contributed by atoms with van der Waals surface area (Å²) in [5.74, 6) is -0.852. The molecule has 0 heterocycles. The Balaban J connectivity index is 4.26. The molecule has 0 saturated carbocycles. The Labute approximate surface area is 405 Å². The van der Waals surface area contributed by atoms with Crippen LogP contribution in [0.25, 0.3) is 0 Å². The summed E-state index contributed by atoms with van der Waals surface area (Å²) in [4.78, 5) is 38.1. The Morgan fingerprint density at radius 1 is 0.292 bits per heavy atom. The van der Waals surface area contributed by atoms with Crippen molar-refractivity contribution in [3.05, 3.63) is 12.2 Å². The number of hydrogen-bond acceptors (Lipinski definition) is 6. The molecule has 0 radical (unpaired) electrons. The summed E-state index contributed by atoms with van der Waals surface area (Å²) in [5, 5.41) is 0. The van der Waals surface area contributed by atoms with E-state index in [-0.39, 0.29) is 31.1 Å². The topological polar surface area (TPSA) is 78.9 Å². The molecule has 0 bridgehead atoms. The zero-order valence-electron chi connectivity index (χ0n) is 44.0. The number of carbonyl (C=O) groups excluding carboxylic acids is 3. The molecular weight excluding hydrogens is 805 g/mol. The molecule has 0 aromatic rings. The smallest absolute Gasteiger partial charge is 0.306 e.